The van der Waals surface area contributed by atoms with Gasteiger partial charge in [-0.3, -0.25) is 0 Å². The average Bonchev–Trinajstić information content (AvgIpc) is 3.68. The number of hydrogen-bond donors (Lipinski definition) is 0. The summed E-state index contributed by atoms with van der Waals surface area (Å²) in [4.78, 5) is 15.7. The van der Waals surface area contributed by atoms with Crippen molar-refractivity contribution >= 4 is 72.3 Å². The molecule has 11 rings (SSSR count). The van der Waals surface area contributed by atoms with Crippen molar-refractivity contribution in [1.82, 2.24) is 15.0 Å². The second-order valence-electron chi connectivity index (χ2n) is 14.8. The summed E-state index contributed by atoms with van der Waals surface area (Å²) in [5.41, 5.74) is 4.48. The Bertz CT molecular complexity index is 3190. The monoisotopic (exact) mass is 757 g/mol. The van der Waals surface area contributed by atoms with E-state index in [0.29, 0.717) is 17.5 Å². The van der Waals surface area contributed by atoms with Gasteiger partial charge in [0.15, 0.2) is 25.5 Å². The summed E-state index contributed by atoms with van der Waals surface area (Å²) in [6, 6.07) is 75.8. The van der Waals surface area contributed by atoms with E-state index in [9.17, 15) is 0 Å². The van der Waals surface area contributed by atoms with Crippen LogP contribution in [0.1, 0.15) is 0 Å². The standard InChI is InChI=1S/C53H35N3OSi/c1-4-18-41(19-5-1)58(42-20-6-2-7-21-42,43-22-8-3-9-23-43)44-30-31-45-38(34-44)17-14-25-47(45)53-55-51(39-28-27-36-15-10-11-16-37(36)33-39)54-52(56-53)40-29-32-50-48(35-40)46-24-12-13-26-49(46)57-50/h1-35H. The number of fused-ring (bicyclic) bond motifs is 5. The Hall–Kier alpha value is -7.47. The molecule has 0 aliphatic carbocycles. The molecule has 2 heterocycles. The number of para-hydroxylation sites is 1. The van der Waals surface area contributed by atoms with Gasteiger partial charge in [0.1, 0.15) is 11.2 Å². The fraction of sp³-hybridized carbons (Fsp3) is 0. The van der Waals surface area contributed by atoms with Gasteiger partial charge in [-0.25, -0.2) is 15.0 Å². The highest BCUT2D eigenvalue weighted by atomic mass is 28.3. The van der Waals surface area contributed by atoms with Gasteiger partial charge in [-0.15, -0.1) is 0 Å². The largest absolute Gasteiger partial charge is 0.456 e. The van der Waals surface area contributed by atoms with Crippen LogP contribution in [0.15, 0.2) is 217 Å². The van der Waals surface area contributed by atoms with Crippen LogP contribution in [-0.2, 0) is 0 Å². The minimum atomic E-state index is -2.73. The first kappa shape index (κ1) is 33.8. The molecule has 5 heteroatoms. The summed E-state index contributed by atoms with van der Waals surface area (Å²) in [6.45, 7) is 0. The molecule has 0 radical (unpaired) electrons. The van der Waals surface area contributed by atoms with E-state index in [1.165, 1.54) is 26.1 Å². The normalized spacial score (nSPS) is 11.8. The molecule has 11 aromatic rings. The molecule has 58 heavy (non-hydrogen) atoms. The van der Waals surface area contributed by atoms with Crippen LogP contribution in [0.2, 0.25) is 0 Å². The van der Waals surface area contributed by atoms with Gasteiger partial charge in [-0.05, 0) is 72.6 Å². The zero-order chi connectivity index (χ0) is 38.5. The summed E-state index contributed by atoms with van der Waals surface area (Å²) in [7, 11) is -2.73. The second-order valence-corrected chi connectivity index (χ2v) is 18.6. The molecular formula is C53H35N3OSi. The molecule has 0 fully saturated rings. The minimum Gasteiger partial charge on any atom is -0.456 e. The van der Waals surface area contributed by atoms with E-state index >= 15 is 0 Å². The first-order valence-electron chi connectivity index (χ1n) is 19.6. The van der Waals surface area contributed by atoms with Crippen molar-refractivity contribution in [1.29, 1.82) is 0 Å². The third kappa shape index (κ3) is 5.63. The summed E-state index contributed by atoms with van der Waals surface area (Å²) >= 11 is 0. The molecule has 0 atom stereocenters. The molecule has 272 valence electrons. The van der Waals surface area contributed by atoms with Gasteiger partial charge >= 0.3 is 0 Å². The SMILES string of the molecule is c1ccc([Si](c2ccccc2)(c2ccccc2)c2ccc3c(-c4nc(-c5ccc6ccccc6c5)nc(-c5ccc6oc7ccccc7c6c5)n4)cccc3c2)cc1. The van der Waals surface area contributed by atoms with Crippen LogP contribution in [0.4, 0.5) is 0 Å². The van der Waals surface area contributed by atoms with Crippen molar-refractivity contribution in [3.05, 3.63) is 212 Å². The van der Waals surface area contributed by atoms with Crippen LogP contribution in [-0.4, -0.2) is 23.0 Å². The average molecular weight is 758 g/mol. The molecule has 0 unspecified atom stereocenters. The van der Waals surface area contributed by atoms with E-state index in [4.69, 9.17) is 19.4 Å². The van der Waals surface area contributed by atoms with E-state index in [2.05, 4.69) is 182 Å². The van der Waals surface area contributed by atoms with Gasteiger partial charge in [-0.1, -0.05) is 182 Å². The van der Waals surface area contributed by atoms with E-state index in [1.807, 2.05) is 30.3 Å². The maximum atomic E-state index is 6.19. The summed E-state index contributed by atoms with van der Waals surface area (Å²) < 4.78 is 6.19. The Morgan fingerprint density at radius 1 is 0.310 bits per heavy atom. The third-order valence-electron chi connectivity index (χ3n) is 11.5. The van der Waals surface area contributed by atoms with Crippen molar-refractivity contribution < 1.29 is 4.42 Å². The Morgan fingerprint density at radius 2 is 0.862 bits per heavy atom. The molecule has 0 amide bonds. The molecule has 0 aliphatic rings. The highest BCUT2D eigenvalue weighted by molar-refractivity contribution is 7.20. The van der Waals surface area contributed by atoms with Crippen molar-refractivity contribution in [2.45, 2.75) is 0 Å². The predicted octanol–water partition coefficient (Wildman–Crippen LogP) is 10.5. The van der Waals surface area contributed by atoms with E-state index in [0.717, 1.165) is 54.8 Å². The van der Waals surface area contributed by atoms with Gasteiger partial charge < -0.3 is 4.42 Å². The van der Waals surface area contributed by atoms with Crippen LogP contribution in [0.25, 0.3) is 77.6 Å². The quantitative estimate of drug-likeness (QED) is 0.120. The van der Waals surface area contributed by atoms with Gasteiger partial charge in [-0.2, -0.15) is 0 Å². The van der Waals surface area contributed by atoms with E-state index in [-0.39, 0.29) is 0 Å². The predicted molar refractivity (Wildman–Crippen MR) is 242 cm³/mol. The van der Waals surface area contributed by atoms with E-state index in [1.54, 1.807) is 0 Å². The molecule has 9 aromatic carbocycles. The molecule has 0 bridgehead atoms. The lowest BCUT2D eigenvalue weighted by molar-refractivity contribution is 0.669. The Labute approximate surface area is 336 Å². The smallest absolute Gasteiger partial charge is 0.179 e. The molecule has 0 aliphatic heterocycles. The summed E-state index contributed by atoms with van der Waals surface area (Å²) in [5.74, 6) is 1.86. The highest BCUT2D eigenvalue weighted by Gasteiger charge is 2.41. The van der Waals surface area contributed by atoms with Crippen LogP contribution in [0.5, 0.6) is 0 Å². The molecule has 0 saturated heterocycles. The number of hydrogen-bond acceptors (Lipinski definition) is 4. The first-order valence-corrected chi connectivity index (χ1v) is 21.6. The Kier molecular flexibility index (Phi) is 8.12. The van der Waals surface area contributed by atoms with Crippen LogP contribution < -0.4 is 20.7 Å². The molecule has 0 saturated carbocycles. The number of furan rings is 1. The second kappa shape index (κ2) is 13.9. The number of rotatable bonds is 7. The van der Waals surface area contributed by atoms with Gasteiger partial charge in [0, 0.05) is 27.5 Å². The number of aromatic nitrogens is 3. The van der Waals surface area contributed by atoms with Crippen molar-refractivity contribution in [3.63, 3.8) is 0 Å². The van der Waals surface area contributed by atoms with Crippen molar-refractivity contribution in [3.8, 4) is 34.2 Å². The maximum absolute atomic E-state index is 6.19. The molecular weight excluding hydrogens is 723 g/mol. The fourth-order valence-corrected chi connectivity index (χ4v) is 13.5. The molecule has 4 nitrogen and oxygen atoms in total. The van der Waals surface area contributed by atoms with Crippen LogP contribution in [0.3, 0.4) is 0 Å². The maximum Gasteiger partial charge on any atom is 0.179 e. The lowest BCUT2D eigenvalue weighted by atomic mass is 10.0. The first-order chi connectivity index (χ1) is 28.7. The lowest BCUT2D eigenvalue weighted by Gasteiger charge is -2.34. The van der Waals surface area contributed by atoms with Crippen LogP contribution >= 0.6 is 0 Å². The molecule has 0 N–H and O–H groups in total. The van der Waals surface area contributed by atoms with Crippen molar-refractivity contribution in [2.24, 2.45) is 0 Å². The number of nitrogens with zero attached hydrogens (tertiary/aromatic N) is 3. The zero-order valence-corrected chi connectivity index (χ0v) is 32.5. The highest BCUT2D eigenvalue weighted by Crippen LogP contribution is 2.34. The minimum absolute atomic E-state index is 0.609. The van der Waals surface area contributed by atoms with E-state index < -0.39 is 8.07 Å². The topological polar surface area (TPSA) is 51.8 Å². The number of benzene rings is 9. The molecule has 2 aromatic heterocycles. The fourth-order valence-electron chi connectivity index (χ4n) is 8.72. The Morgan fingerprint density at radius 3 is 1.57 bits per heavy atom. The summed E-state index contributed by atoms with van der Waals surface area (Å²) in [5, 5.41) is 12.0. The van der Waals surface area contributed by atoms with Crippen molar-refractivity contribution in [2.75, 3.05) is 0 Å². The lowest BCUT2D eigenvalue weighted by Crippen LogP contribution is -2.74. The third-order valence-corrected chi connectivity index (χ3v) is 16.2. The van der Waals surface area contributed by atoms with Gasteiger partial charge in [0.05, 0.1) is 0 Å². The van der Waals surface area contributed by atoms with Gasteiger partial charge in [0.2, 0.25) is 0 Å². The van der Waals surface area contributed by atoms with Gasteiger partial charge in [0.25, 0.3) is 0 Å². The van der Waals surface area contributed by atoms with Crippen LogP contribution in [0, 0.1) is 0 Å². The summed E-state index contributed by atoms with van der Waals surface area (Å²) in [6.07, 6.45) is 0. The Balaban J connectivity index is 1.13. The molecule has 0 spiro atoms. The zero-order valence-electron chi connectivity index (χ0n) is 31.5.